The smallest absolute Gasteiger partial charge is 0.259 e. The van der Waals surface area contributed by atoms with Crippen molar-refractivity contribution in [3.05, 3.63) is 62.6 Å². The van der Waals surface area contributed by atoms with Crippen molar-refractivity contribution < 1.29 is 4.79 Å². The first kappa shape index (κ1) is 16.9. The fourth-order valence-electron chi connectivity index (χ4n) is 2.57. The first-order chi connectivity index (χ1) is 11.8. The molecule has 0 spiro atoms. The highest BCUT2D eigenvalue weighted by atomic mass is 32.1. The van der Waals surface area contributed by atoms with Crippen molar-refractivity contribution in [3.8, 4) is 0 Å². The molecule has 0 unspecified atom stereocenters. The van der Waals surface area contributed by atoms with E-state index < -0.39 is 0 Å². The van der Waals surface area contributed by atoms with Gasteiger partial charge in [0.05, 0.1) is 10.9 Å². The average molecular weight is 354 g/mol. The summed E-state index contributed by atoms with van der Waals surface area (Å²) in [5.74, 6) is -0.248. The summed E-state index contributed by atoms with van der Waals surface area (Å²) in [5.41, 5.74) is 3.47. The van der Waals surface area contributed by atoms with Gasteiger partial charge in [0.1, 0.15) is 0 Å². The molecule has 0 aliphatic heterocycles. The van der Waals surface area contributed by atoms with Crippen molar-refractivity contribution >= 4 is 40.4 Å². The molecule has 3 rings (SSSR count). The Kier molecular flexibility index (Phi) is 4.41. The number of carbonyl (C=O) groups excluding carboxylic acids is 1. The van der Waals surface area contributed by atoms with E-state index in [0.717, 1.165) is 16.9 Å². The van der Waals surface area contributed by atoms with Gasteiger partial charge in [0.15, 0.2) is 4.77 Å². The first-order valence-corrected chi connectivity index (χ1v) is 8.11. The lowest BCUT2D eigenvalue weighted by Crippen LogP contribution is -2.15. The van der Waals surface area contributed by atoms with Crippen LogP contribution in [0.1, 0.15) is 15.9 Å². The summed E-state index contributed by atoms with van der Waals surface area (Å²) in [6.45, 7) is 1.94. The molecule has 0 aliphatic carbocycles. The number of hydrogen-bond acceptors (Lipinski definition) is 4. The lowest BCUT2D eigenvalue weighted by Gasteiger charge is -2.15. The molecule has 0 radical (unpaired) electrons. The molecule has 0 saturated carbocycles. The van der Waals surface area contributed by atoms with Gasteiger partial charge in [0.25, 0.3) is 11.5 Å². The Morgan fingerprint density at radius 2 is 1.88 bits per heavy atom. The zero-order chi connectivity index (χ0) is 18.1. The highest BCUT2D eigenvalue weighted by molar-refractivity contribution is 7.71. The Morgan fingerprint density at radius 3 is 2.56 bits per heavy atom. The van der Waals surface area contributed by atoms with Gasteiger partial charge in [-0.25, -0.2) is 0 Å². The number of aromatic nitrogens is 2. The van der Waals surface area contributed by atoms with Gasteiger partial charge < -0.3 is 15.2 Å². The number of aryl methyl sites for hydroxylation is 1. The quantitative estimate of drug-likeness (QED) is 0.631. The van der Waals surface area contributed by atoms with E-state index in [1.807, 2.05) is 44.1 Å². The van der Waals surface area contributed by atoms with Crippen molar-refractivity contribution in [2.45, 2.75) is 6.92 Å². The predicted octanol–water partition coefficient (Wildman–Crippen LogP) is 3.21. The molecule has 0 aliphatic rings. The van der Waals surface area contributed by atoms with Gasteiger partial charge in [0.2, 0.25) is 0 Å². The van der Waals surface area contributed by atoms with Crippen molar-refractivity contribution in [2.24, 2.45) is 0 Å². The molecule has 2 aromatic carbocycles. The first-order valence-electron chi connectivity index (χ1n) is 7.71. The second-order valence-corrected chi connectivity index (χ2v) is 6.42. The molecule has 1 aromatic heterocycles. The van der Waals surface area contributed by atoms with Crippen molar-refractivity contribution in [1.82, 2.24) is 9.97 Å². The van der Waals surface area contributed by atoms with E-state index >= 15 is 0 Å². The van der Waals surface area contributed by atoms with Crippen LogP contribution in [0.5, 0.6) is 0 Å². The predicted molar refractivity (Wildman–Crippen MR) is 103 cm³/mol. The van der Waals surface area contributed by atoms with Gasteiger partial charge >= 0.3 is 0 Å². The molecule has 25 heavy (non-hydrogen) atoms. The summed E-state index contributed by atoms with van der Waals surface area (Å²) in [7, 11) is 3.93. The number of rotatable bonds is 3. The van der Waals surface area contributed by atoms with Crippen LogP contribution in [-0.2, 0) is 0 Å². The second kappa shape index (κ2) is 6.52. The Balaban J connectivity index is 1.92. The van der Waals surface area contributed by atoms with E-state index in [1.54, 1.807) is 18.2 Å². The number of fused-ring (bicyclic) bond motifs is 1. The summed E-state index contributed by atoms with van der Waals surface area (Å²) in [6.07, 6.45) is 0. The SMILES string of the molecule is Cc1cc(N(C)C)ccc1NC(=O)c1ccc2c(=O)[nH]c(=S)[nH]c2c1. The highest BCUT2D eigenvalue weighted by Crippen LogP contribution is 2.22. The van der Waals surface area contributed by atoms with E-state index in [4.69, 9.17) is 12.2 Å². The Bertz CT molecular complexity index is 1080. The van der Waals surface area contributed by atoms with Gasteiger partial charge in [0, 0.05) is 31.0 Å². The second-order valence-electron chi connectivity index (χ2n) is 6.02. The molecule has 6 nitrogen and oxygen atoms in total. The third-order valence-corrected chi connectivity index (χ3v) is 4.18. The summed E-state index contributed by atoms with van der Waals surface area (Å²) >= 11 is 4.98. The maximum Gasteiger partial charge on any atom is 0.259 e. The summed E-state index contributed by atoms with van der Waals surface area (Å²) in [5, 5.41) is 3.36. The van der Waals surface area contributed by atoms with Crippen LogP contribution in [0.15, 0.2) is 41.2 Å². The van der Waals surface area contributed by atoms with Crippen LogP contribution >= 0.6 is 12.2 Å². The van der Waals surface area contributed by atoms with Crippen LogP contribution in [-0.4, -0.2) is 30.0 Å². The number of nitrogens with zero attached hydrogens (tertiary/aromatic N) is 1. The Hall–Kier alpha value is -2.93. The number of H-pyrrole nitrogens is 2. The zero-order valence-electron chi connectivity index (χ0n) is 14.1. The van der Waals surface area contributed by atoms with E-state index in [1.165, 1.54) is 0 Å². The van der Waals surface area contributed by atoms with Crippen LogP contribution in [0.3, 0.4) is 0 Å². The van der Waals surface area contributed by atoms with Crippen LogP contribution in [0, 0.1) is 11.7 Å². The number of carbonyl (C=O) groups is 1. The normalized spacial score (nSPS) is 10.7. The number of amides is 1. The molecule has 128 valence electrons. The number of aromatic amines is 2. The largest absolute Gasteiger partial charge is 0.378 e. The molecule has 3 aromatic rings. The highest BCUT2D eigenvalue weighted by Gasteiger charge is 2.10. The standard InChI is InChI=1S/C18H18N4O2S/c1-10-8-12(22(2)3)5-7-14(10)19-16(23)11-4-6-13-15(9-11)20-18(25)21-17(13)24/h4-9H,1-3H3,(H,19,23)(H2,20,21,24,25). The molecular weight excluding hydrogens is 336 g/mol. The number of anilines is 2. The lowest BCUT2D eigenvalue weighted by atomic mass is 10.1. The fraction of sp³-hybridized carbons (Fsp3) is 0.167. The maximum absolute atomic E-state index is 12.6. The molecule has 0 bridgehead atoms. The van der Waals surface area contributed by atoms with E-state index in [0.29, 0.717) is 16.5 Å². The minimum atomic E-state index is -0.277. The van der Waals surface area contributed by atoms with Crippen LogP contribution in [0.2, 0.25) is 0 Å². The van der Waals surface area contributed by atoms with Gasteiger partial charge in [-0.1, -0.05) is 0 Å². The molecule has 3 N–H and O–H groups in total. The maximum atomic E-state index is 12.6. The van der Waals surface area contributed by atoms with Gasteiger partial charge in [-0.2, -0.15) is 0 Å². The minimum absolute atomic E-state index is 0.227. The van der Waals surface area contributed by atoms with Gasteiger partial charge in [-0.15, -0.1) is 0 Å². The van der Waals surface area contributed by atoms with E-state index in [9.17, 15) is 9.59 Å². The van der Waals surface area contributed by atoms with Crippen molar-refractivity contribution in [1.29, 1.82) is 0 Å². The van der Waals surface area contributed by atoms with Crippen molar-refractivity contribution in [2.75, 3.05) is 24.3 Å². The zero-order valence-corrected chi connectivity index (χ0v) is 15.0. The summed E-state index contributed by atoms with van der Waals surface area (Å²) in [6, 6.07) is 10.7. The molecule has 1 amide bonds. The van der Waals surface area contributed by atoms with Crippen LogP contribution < -0.4 is 15.8 Å². The number of nitrogens with one attached hydrogen (secondary N) is 3. The Labute approximate surface area is 149 Å². The third-order valence-electron chi connectivity index (χ3n) is 3.98. The fourth-order valence-corrected chi connectivity index (χ4v) is 2.77. The summed E-state index contributed by atoms with van der Waals surface area (Å²) < 4.78 is 0.227. The molecule has 7 heteroatoms. The van der Waals surface area contributed by atoms with Gasteiger partial charge in [-0.3, -0.25) is 14.6 Å². The number of hydrogen-bond donors (Lipinski definition) is 3. The summed E-state index contributed by atoms with van der Waals surface area (Å²) in [4.78, 5) is 31.8. The molecule has 0 fully saturated rings. The average Bonchev–Trinajstić information content (AvgIpc) is 2.55. The molecule has 0 saturated heterocycles. The van der Waals surface area contributed by atoms with Crippen LogP contribution in [0.25, 0.3) is 10.9 Å². The van der Waals surface area contributed by atoms with Crippen LogP contribution in [0.4, 0.5) is 11.4 Å². The van der Waals surface area contributed by atoms with E-state index in [-0.39, 0.29) is 16.2 Å². The third kappa shape index (κ3) is 3.46. The Morgan fingerprint density at radius 1 is 1.12 bits per heavy atom. The lowest BCUT2D eigenvalue weighted by molar-refractivity contribution is 0.102. The van der Waals surface area contributed by atoms with Gasteiger partial charge in [-0.05, 0) is 61.1 Å². The van der Waals surface area contributed by atoms with Crippen molar-refractivity contribution in [3.63, 3.8) is 0 Å². The topological polar surface area (TPSA) is 81.0 Å². The number of benzene rings is 2. The molecule has 0 atom stereocenters. The van der Waals surface area contributed by atoms with E-state index in [2.05, 4.69) is 15.3 Å². The monoisotopic (exact) mass is 354 g/mol. The minimum Gasteiger partial charge on any atom is -0.378 e. The molecular formula is C18H18N4O2S. The molecule has 1 heterocycles.